The van der Waals surface area contributed by atoms with Gasteiger partial charge in [0.2, 0.25) is 0 Å². The van der Waals surface area contributed by atoms with Crippen LogP contribution in [0.5, 0.6) is 0 Å². The molecular formula is C14H13Cl2NOS. The molecule has 5 heteroatoms. The Hall–Kier alpha value is -1.03. The predicted molar refractivity (Wildman–Crippen MR) is 82.2 cm³/mol. The summed E-state index contributed by atoms with van der Waals surface area (Å²) < 4.78 is 12.3. The Kier molecular flexibility index (Phi) is 4.50. The zero-order valence-electron chi connectivity index (χ0n) is 10.3. The van der Waals surface area contributed by atoms with Crippen molar-refractivity contribution >= 4 is 39.7 Å². The van der Waals surface area contributed by atoms with Crippen LogP contribution < -0.4 is 5.73 Å². The van der Waals surface area contributed by atoms with Crippen LogP contribution in [0.3, 0.4) is 0 Å². The number of halogens is 2. The third-order valence-electron chi connectivity index (χ3n) is 2.70. The van der Waals surface area contributed by atoms with Crippen molar-refractivity contribution < 1.29 is 4.21 Å². The van der Waals surface area contributed by atoms with Crippen LogP contribution >= 0.6 is 23.2 Å². The Morgan fingerprint density at radius 2 is 1.84 bits per heavy atom. The summed E-state index contributed by atoms with van der Waals surface area (Å²) in [5, 5.41) is 1.04. The number of hydrogen-bond acceptors (Lipinski definition) is 2. The van der Waals surface area contributed by atoms with Crippen LogP contribution in [0, 0.1) is 6.92 Å². The van der Waals surface area contributed by atoms with Gasteiger partial charge in [0.05, 0.1) is 26.5 Å². The zero-order chi connectivity index (χ0) is 14.0. The van der Waals surface area contributed by atoms with E-state index < -0.39 is 10.8 Å². The number of hydrogen-bond donors (Lipinski definition) is 1. The molecule has 0 spiro atoms. The predicted octanol–water partition coefficient (Wildman–Crippen LogP) is 4.19. The van der Waals surface area contributed by atoms with E-state index in [1.165, 1.54) is 0 Å². The van der Waals surface area contributed by atoms with Crippen LogP contribution in [0.4, 0.5) is 5.69 Å². The highest BCUT2D eigenvalue weighted by Gasteiger charge is 2.11. The van der Waals surface area contributed by atoms with Crippen LogP contribution in [0.1, 0.15) is 11.1 Å². The van der Waals surface area contributed by atoms with Crippen molar-refractivity contribution in [2.45, 2.75) is 17.6 Å². The molecule has 0 heterocycles. The quantitative estimate of drug-likeness (QED) is 0.863. The third kappa shape index (κ3) is 3.50. The van der Waals surface area contributed by atoms with E-state index in [4.69, 9.17) is 28.9 Å². The molecule has 2 nitrogen and oxygen atoms in total. The molecule has 0 saturated heterocycles. The summed E-state index contributed by atoms with van der Waals surface area (Å²) in [4.78, 5) is 0.576. The highest BCUT2D eigenvalue weighted by molar-refractivity contribution is 7.84. The molecule has 2 aromatic carbocycles. The summed E-state index contributed by atoms with van der Waals surface area (Å²) >= 11 is 12.2. The summed E-state index contributed by atoms with van der Waals surface area (Å²) in [6.07, 6.45) is 0. The second-order valence-electron chi connectivity index (χ2n) is 4.27. The number of benzene rings is 2. The number of nitrogen functional groups attached to an aromatic ring is 1. The highest BCUT2D eigenvalue weighted by atomic mass is 35.5. The lowest BCUT2D eigenvalue weighted by atomic mass is 10.2. The van der Waals surface area contributed by atoms with Crippen LogP contribution in [-0.4, -0.2) is 4.21 Å². The lowest BCUT2D eigenvalue weighted by molar-refractivity contribution is 0.682. The Balaban J connectivity index is 2.25. The fourth-order valence-electron chi connectivity index (χ4n) is 1.69. The van der Waals surface area contributed by atoms with E-state index in [1.807, 2.05) is 25.1 Å². The maximum absolute atomic E-state index is 12.3. The van der Waals surface area contributed by atoms with Crippen molar-refractivity contribution in [1.29, 1.82) is 0 Å². The van der Waals surface area contributed by atoms with E-state index in [2.05, 4.69) is 0 Å². The van der Waals surface area contributed by atoms with Crippen LogP contribution in [0.2, 0.25) is 10.0 Å². The minimum atomic E-state index is -1.24. The van der Waals surface area contributed by atoms with Crippen LogP contribution in [0.25, 0.3) is 0 Å². The van der Waals surface area contributed by atoms with Crippen molar-refractivity contribution in [1.82, 2.24) is 0 Å². The van der Waals surface area contributed by atoms with Gasteiger partial charge < -0.3 is 5.73 Å². The molecule has 2 aromatic rings. The second-order valence-corrected chi connectivity index (χ2v) is 6.51. The minimum Gasteiger partial charge on any atom is -0.399 e. The maximum atomic E-state index is 12.3. The molecule has 19 heavy (non-hydrogen) atoms. The molecule has 0 aliphatic carbocycles. The van der Waals surface area contributed by atoms with Crippen molar-refractivity contribution in [2.75, 3.05) is 5.73 Å². The van der Waals surface area contributed by atoms with Gasteiger partial charge in [0, 0.05) is 10.7 Å². The molecule has 0 aromatic heterocycles. The molecule has 1 unspecified atom stereocenters. The fourth-order valence-corrected chi connectivity index (χ4v) is 3.70. The number of rotatable bonds is 3. The smallest absolute Gasteiger partial charge is 0.0589 e. The third-order valence-corrected chi connectivity index (χ3v) is 4.89. The van der Waals surface area contributed by atoms with Crippen molar-refractivity contribution in [3.8, 4) is 0 Å². The van der Waals surface area contributed by atoms with E-state index in [0.29, 0.717) is 26.4 Å². The molecule has 0 bridgehead atoms. The molecule has 0 amide bonds. The maximum Gasteiger partial charge on any atom is 0.0589 e. The van der Waals surface area contributed by atoms with E-state index in [1.54, 1.807) is 18.2 Å². The Morgan fingerprint density at radius 1 is 1.11 bits per heavy atom. The molecule has 0 saturated carbocycles. The fraction of sp³-hybridized carbons (Fsp3) is 0.143. The van der Waals surface area contributed by atoms with Gasteiger partial charge in [-0.2, -0.15) is 0 Å². The van der Waals surface area contributed by atoms with Crippen molar-refractivity contribution in [3.63, 3.8) is 0 Å². The Morgan fingerprint density at radius 3 is 2.47 bits per heavy atom. The normalized spacial score (nSPS) is 12.4. The van der Waals surface area contributed by atoms with Gasteiger partial charge in [-0.05, 0) is 42.3 Å². The van der Waals surface area contributed by atoms with Gasteiger partial charge in [0.15, 0.2) is 0 Å². The molecule has 0 aliphatic heterocycles. The zero-order valence-corrected chi connectivity index (χ0v) is 12.6. The van der Waals surface area contributed by atoms with Gasteiger partial charge >= 0.3 is 0 Å². The molecule has 0 fully saturated rings. The molecule has 100 valence electrons. The molecule has 0 radical (unpaired) electrons. The number of aryl methyl sites for hydroxylation is 1. The van der Waals surface area contributed by atoms with Gasteiger partial charge in [0.25, 0.3) is 0 Å². The van der Waals surface area contributed by atoms with Gasteiger partial charge in [-0.1, -0.05) is 35.3 Å². The topological polar surface area (TPSA) is 43.1 Å². The molecule has 1 atom stereocenters. The molecule has 0 aliphatic rings. The average Bonchev–Trinajstić information content (AvgIpc) is 2.32. The van der Waals surface area contributed by atoms with E-state index in [-0.39, 0.29) is 0 Å². The highest BCUT2D eigenvalue weighted by Crippen LogP contribution is 2.26. The first-order chi connectivity index (χ1) is 8.97. The van der Waals surface area contributed by atoms with E-state index in [0.717, 1.165) is 11.1 Å². The summed E-state index contributed by atoms with van der Waals surface area (Å²) in [5.74, 6) is 0.336. The Labute approximate surface area is 125 Å². The van der Waals surface area contributed by atoms with Crippen molar-refractivity contribution in [3.05, 3.63) is 57.6 Å². The monoisotopic (exact) mass is 313 g/mol. The molecule has 2 N–H and O–H groups in total. The summed E-state index contributed by atoms with van der Waals surface area (Å²) in [6.45, 7) is 1.96. The number of anilines is 1. The van der Waals surface area contributed by atoms with Gasteiger partial charge in [-0.15, -0.1) is 0 Å². The minimum absolute atomic E-state index is 0.336. The molecule has 2 rings (SSSR count). The lowest BCUT2D eigenvalue weighted by Crippen LogP contribution is -1.99. The summed E-state index contributed by atoms with van der Waals surface area (Å²) in [5.41, 5.74) is 8.09. The lowest BCUT2D eigenvalue weighted by Gasteiger charge is -2.07. The van der Waals surface area contributed by atoms with E-state index in [9.17, 15) is 4.21 Å². The van der Waals surface area contributed by atoms with Gasteiger partial charge in [-0.3, -0.25) is 4.21 Å². The largest absolute Gasteiger partial charge is 0.399 e. The standard InChI is InChI=1S/C14H13Cl2NOS/c1-9-2-3-10(12(15)6-9)8-19(18)14-5-4-11(17)7-13(14)16/h2-7H,8,17H2,1H3. The van der Waals surface area contributed by atoms with Crippen LogP contribution in [0.15, 0.2) is 41.3 Å². The first kappa shape index (κ1) is 14.4. The van der Waals surface area contributed by atoms with Crippen molar-refractivity contribution in [2.24, 2.45) is 0 Å². The van der Waals surface area contributed by atoms with Gasteiger partial charge in [-0.25, -0.2) is 0 Å². The first-order valence-corrected chi connectivity index (χ1v) is 7.73. The second kappa shape index (κ2) is 5.95. The molecular weight excluding hydrogens is 301 g/mol. The Bertz CT molecular complexity index is 643. The average molecular weight is 314 g/mol. The SMILES string of the molecule is Cc1ccc(CS(=O)c2ccc(N)cc2Cl)c(Cl)c1. The summed E-state index contributed by atoms with van der Waals surface area (Å²) in [7, 11) is -1.24. The van der Waals surface area contributed by atoms with E-state index >= 15 is 0 Å². The van der Waals surface area contributed by atoms with Crippen LogP contribution in [-0.2, 0) is 16.6 Å². The first-order valence-electron chi connectivity index (χ1n) is 5.66. The number of nitrogens with two attached hydrogens (primary N) is 1. The van der Waals surface area contributed by atoms with Gasteiger partial charge in [0.1, 0.15) is 0 Å². The summed E-state index contributed by atoms with van der Waals surface area (Å²) in [6, 6.07) is 10.7.